The molecule has 0 atom stereocenters. The maximum atomic E-state index is 13.4. The van der Waals surface area contributed by atoms with Crippen LogP contribution in [0.2, 0.25) is 0 Å². The van der Waals surface area contributed by atoms with E-state index in [-0.39, 0.29) is 18.8 Å². The van der Waals surface area contributed by atoms with E-state index < -0.39 is 18.0 Å². The molecule has 0 spiro atoms. The molecule has 0 aliphatic heterocycles. The van der Waals surface area contributed by atoms with Crippen molar-refractivity contribution in [2.75, 3.05) is 0 Å². The second-order valence-electron chi connectivity index (χ2n) is 6.87. The molecule has 24 heavy (non-hydrogen) atoms. The molecule has 5 heteroatoms. The summed E-state index contributed by atoms with van der Waals surface area (Å²) in [5.74, 6) is -6.06. The highest BCUT2D eigenvalue weighted by atomic mass is 19.4. The SMILES string of the molecule is CCCCCc1ccc(C2CCC(C(F)(F)C(F)(F)F)CC2)cc1. The van der Waals surface area contributed by atoms with Gasteiger partial charge in [0.15, 0.2) is 0 Å². The van der Waals surface area contributed by atoms with Crippen LogP contribution in [0.3, 0.4) is 0 Å². The van der Waals surface area contributed by atoms with Crippen LogP contribution in [-0.4, -0.2) is 12.1 Å². The lowest BCUT2D eigenvalue weighted by atomic mass is 9.76. The predicted molar refractivity (Wildman–Crippen MR) is 85.4 cm³/mol. The molecule has 0 nitrogen and oxygen atoms in total. The zero-order valence-electron chi connectivity index (χ0n) is 14.0. The van der Waals surface area contributed by atoms with Crippen molar-refractivity contribution in [1.82, 2.24) is 0 Å². The standard InChI is InChI=1S/C19H25F5/c1-2-3-4-5-14-6-8-15(9-7-14)16-10-12-17(13-11-16)18(20,21)19(22,23)24/h6-9,16-17H,2-5,10-13H2,1H3. The average Bonchev–Trinajstić information content (AvgIpc) is 2.55. The Hall–Kier alpha value is -1.13. The summed E-state index contributed by atoms with van der Waals surface area (Å²) in [6.45, 7) is 2.15. The fraction of sp³-hybridized carbons (Fsp3) is 0.684. The van der Waals surface area contributed by atoms with Gasteiger partial charge < -0.3 is 0 Å². The molecule has 2 rings (SSSR count). The Kier molecular flexibility index (Phi) is 6.27. The third-order valence-corrected chi connectivity index (χ3v) is 5.14. The van der Waals surface area contributed by atoms with E-state index in [2.05, 4.69) is 19.1 Å². The zero-order valence-corrected chi connectivity index (χ0v) is 14.0. The number of alkyl halides is 5. The first-order valence-electron chi connectivity index (χ1n) is 8.79. The van der Waals surface area contributed by atoms with Crippen LogP contribution in [0.15, 0.2) is 24.3 Å². The van der Waals surface area contributed by atoms with Crippen molar-refractivity contribution < 1.29 is 22.0 Å². The summed E-state index contributed by atoms with van der Waals surface area (Å²) >= 11 is 0. The van der Waals surface area contributed by atoms with E-state index in [4.69, 9.17) is 0 Å². The van der Waals surface area contributed by atoms with Crippen LogP contribution in [-0.2, 0) is 6.42 Å². The minimum absolute atomic E-state index is 0.0740. The summed E-state index contributed by atoms with van der Waals surface area (Å²) in [5.41, 5.74) is 2.31. The second kappa shape index (κ2) is 7.83. The molecule has 1 fully saturated rings. The quantitative estimate of drug-likeness (QED) is 0.388. The molecule has 0 heterocycles. The van der Waals surface area contributed by atoms with Gasteiger partial charge in [-0.25, -0.2) is 0 Å². The fourth-order valence-corrected chi connectivity index (χ4v) is 3.56. The Balaban J connectivity index is 1.90. The summed E-state index contributed by atoms with van der Waals surface area (Å²) in [7, 11) is 0. The molecule has 0 amide bonds. The molecule has 0 N–H and O–H groups in total. The van der Waals surface area contributed by atoms with Gasteiger partial charge in [-0.15, -0.1) is 0 Å². The van der Waals surface area contributed by atoms with Crippen LogP contribution in [0, 0.1) is 5.92 Å². The number of aryl methyl sites for hydroxylation is 1. The molecular weight excluding hydrogens is 323 g/mol. The van der Waals surface area contributed by atoms with Gasteiger partial charge >= 0.3 is 12.1 Å². The highest BCUT2D eigenvalue weighted by molar-refractivity contribution is 5.26. The molecule has 1 aromatic rings. The third-order valence-electron chi connectivity index (χ3n) is 5.14. The molecule has 0 unspecified atom stereocenters. The van der Waals surface area contributed by atoms with Crippen molar-refractivity contribution in [3.63, 3.8) is 0 Å². The zero-order chi connectivity index (χ0) is 17.8. The Morgan fingerprint density at radius 2 is 1.46 bits per heavy atom. The summed E-state index contributed by atoms with van der Waals surface area (Å²) in [5, 5.41) is 0. The van der Waals surface area contributed by atoms with E-state index in [1.807, 2.05) is 12.1 Å². The lowest BCUT2D eigenvalue weighted by molar-refractivity contribution is -0.305. The van der Waals surface area contributed by atoms with Gasteiger partial charge in [-0.3, -0.25) is 0 Å². The number of halogens is 5. The van der Waals surface area contributed by atoms with Crippen molar-refractivity contribution in [1.29, 1.82) is 0 Å². The monoisotopic (exact) mass is 348 g/mol. The van der Waals surface area contributed by atoms with Crippen molar-refractivity contribution in [3.8, 4) is 0 Å². The normalized spacial score (nSPS) is 22.6. The second-order valence-corrected chi connectivity index (χ2v) is 6.87. The first-order valence-corrected chi connectivity index (χ1v) is 8.79. The van der Waals surface area contributed by atoms with Gasteiger partial charge in [-0.2, -0.15) is 22.0 Å². The Labute approximate surface area is 140 Å². The van der Waals surface area contributed by atoms with E-state index in [1.165, 1.54) is 18.4 Å². The van der Waals surface area contributed by atoms with Crippen LogP contribution in [0.25, 0.3) is 0 Å². The van der Waals surface area contributed by atoms with Crippen LogP contribution in [0.1, 0.15) is 68.9 Å². The van der Waals surface area contributed by atoms with Crippen LogP contribution in [0.4, 0.5) is 22.0 Å². The van der Waals surface area contributed by atoms with Gasteiger partial charge in [0.1, 0.15) is 0 Å². The van der Waals surface area contributed by atoms with Gasteiger partial charge in [0, 0.05) is 5.92 Å². The highest BCUT2D eigenvalue weighted by Crippen LogP contribution is 2.49. The summed E-state index contributed by atoms with van der Waals surface area (Å²) in [6, 6.07) is 8.13. The molecule has 0 saturated heterocycles. The molecule has 1 aliphatic rings. The number of rotatable bonds is 6. The van der Waals surface area contributed by atoms with Crippen molar-refractivity contribution >= 4 is 0 Å². The Morgan fingerprint density at radius 3 is 1.96 bits per heavy atom. The smallest absolute Gasteiger partial charge is 0.196 e. The highest BCUT2D eigenvalue weighted by Gasteiger charge is 2.62. The molecule has 1 saturated carbocycles. The molecule has 0 aromatic heterocycles. The topological polar surface area (TPSA) is 0 Å². The van der Waals surface area contributed by atoms with E-state index in [9.17, 15) is 22.0 Å². The van der Waals surface area contributed by atoms with E-state index in [1.54, 1.807) is 0 Å². The third kappa shape index (κ3) is 4.48. The molecular formula is C19H25F5. The van der Waals surface area contributed by atoms with E-state index >= 15 is 0 Å². The van der Waals surface area contributed by atoms with Gasteiger partial charge in [0.25, 0.3) is 0 Å². The molecule has 1 aliphatic carbocycles. The minimum Gasteiger partial charge on any atom is -0.196 e. The maximum Gasteiger partial charge on any atom is 0.453 e. The van der Waals surface area contributed by atoms with Gasteiger partial charge in [0.05, 0.1) is 0 Å². The van der Waals surface area contributed by atoms with Crippen LogP contribution >= 0.6 is 0 Å². The predicted octanol–water partition coefficient (Wildman–Crippen LogP) is 6.89. The molecule has 0 bridgehead atoms. The maximum absolute atomic E-state index is 13.4. The number of unbranched alkanes of at least 4 members (excludes halogenated alkanes) is 2. The van der Waals surface area contributed by atoms with E-state index in [0.717, 1.165) is 18.4 Å². The summed E-state index contributed by atoms with van der Waals surface area (Å²) in [6.07, 6.45) is -0.262. The number of benzene rings is 1. The average molecular weight is 348 g/mol. The van der Waals surface area contributed by atoms with Gasteiger partial charge in [0.2, 0.25) is 0 Å². The largest absolute Gasteiger partial charge is 0.453 e. The number of hydrogen-bond donors (Lipinski definition) is 0. The minimum atomic E-state index is -5.44. The molecule has 0 radical (unpaired) electrons. The lowest BCUT2D eigenvalue weighted by Gasteiger charge is -2.34. The summed E-state index contributed by atoms with van der Waals surface area (Å²) in [4.78, 5) is 0. The van der Waals surface area contributed by atoms with E-state index in [0.29, 0.717) is 12.8 Å². The summed E-state index contributed by atoms with van der Waals surface area (Å²) < 4.78 is 64.2. The van der Waals surface area contributed by atoms with Gasteiger partial charge in [-0.05, 0) is 55.6 Å². The van der Waals surface area contributed by atoms with Crippen molar-refractivity contribution in [2.45, 2.75) is 76.3 Å². The Bertz CT molecular complexity index is 495. The fourth-order valence-electron chi connectivity index (χ4n) is 3.56. The van der Waals surface area contributed by atoms with Crippen LogP contribution in [0.5, 0.6) is 0 Å². The molecule has 1 aromatic carbocycles. The lowest BCUT2D eigenvalue weighted by Crippen LogP contribution is -2.44. The molecule has 136 valence electrons. The first-order chi connectivity index (χ1) is 11.3. The van der Waals surface area contributed by atoms with Crippen molar-refractivity contribution in [3.05, 3.63) is 35.4 Å². The first kappa shape index (κ1) is 19.2. The number of hydrogen-bond acceptors (Lipinski definition) is 0. The van der Waals surface area contributed by atoms with Crippen LogP contribution < -0.4 is 0 Å². The van der Waals surface area contributed by atoms with Crippen molar-refractivity contribution in [2.24, 2.45) is 5.92 Å². The Morgan fingerprint density at radius 1 is 0.875 bits per heavy atom. The van der Waals surface area contributed by atoms with Gasteiger partial charge in [-0.1, -0.05) is 44.0 Å².